The van der Waals surface area contributed by atoms with E-state index in [2.05, 4.69) is 20.4 Å². The van der Waals surface area contributed by atoms with Gasteiger partial charge in [0.25, 0.3) is 0 Å². The Balaban J connectivity index is 1.62. The van der Waals surface area contributed by atoms with Crippen LogP contribution in [-0.4, -0.2) is 32.8 Å². The Morgan fingerprint density at radius 1 is 1.26 bits per heavy atom. The van der Waals surface area contributed by atoms with E-state index in [-0.39, 0.29) is 0 Å². The minimum Gasteiger partial charge on any atom is -0.451 e. The molecule has 3 unspecified atom stereocenters. The van der Waals surface area contributed by atoms with Crippen LogP contribution in [0.3, 0.4) is 0 Å². The number of nitrogens with one attached hydrogen (secondary N) is 1. The quantitative estimate of drug-likeness (QED) is 0.885. The van der Waals surface area contributed by atoms with Crippen LogP contribution in [0, 0.1) is 11.8 Å². The van der Waals surface area contributed by atoms with Gasteiger partial charge in [-0.25, -0.2) is 14.6 Å². The minimum atomic E-state index is 0.471. The Labute approximate surface area is 111 Å². The number of hydrogen-bond acceptors (Lipinski definition) is 5. The Morgan fingerprint density at radius 3 is 3.11 bits per heavy atom. The van der Waals surface area contributed by atoms with E-state index in [4.69, 9.17) is 4.42 Å². The lowest BCUT2D eigenvalue weighted by molar-refractivity contribution is 0.0687. The van der Waals surface area contributed by atoms with Crippen molar-refractivity contribution in [3.05, 3.63) is 19.0 Å². The molecule has 0 radical (unpaired) electrons. The maximum atomic E-state index is 5.05. The van der Waals surface area contributed by atoms with Gasteiger partial charge in [-0.1, -0.05) is 0 Å². The molecule has 3 heterocycles. The van der Waals surface area contributed by atoms with Gasteiger partial charge in [0.15, 0.2) is 12.2 Å². The summed E-state index contributed by atoms with van der Waals surface area (Å²) in [6.45, 7) is 2.27. The lowest BCUT2D eigenvalue weighted by Gasteiger charge is -2.44. The van der Waals surface area contributed by atoms with Gasteiger partial charge in [-0.05, 0) is 44.2 Å². The molecule has 2 aromatic heterocycles. The summed E-state index contributed by atoms with van der Waals surface area (Å²) in [7, 11) is 0. The summed E-state index contributed by atoms with van der Waals surface area (Å²) < 4.78 is 7.10. The van der Waals surface area contributed by atoms with E-state index in [0.29, 0.717) is 6.04 Å². The first-order valence-corrected chi connectivity index (χ1v) is 6.92. The molecular formula is C13H17N5O. The minimum absolute atomic E-state index is 0.471. The van der Waals surface area contributed by atoms with Crippen LogP contribution in [0.1, 0.15) is 25.3 Å². The van der Waals surface area contributed by atoms with Crippen molar-refractivity contribution < 1.29 is 4.42 Å². The Kier molecular flexibility index (Phi) is 2.61. The van der Waals surface area contributed by atoms with E-state index in [1.54, 1.807) is 12.6 Å². The van der Waals surface area contributed by atoms with Gasteiger partial charge in [0, 0.05) is 0 Å². The van der Waals surface area contributed by atoms with Crippen molar-refractivity contribution in [2.45, 2.75) is 25.3 Å². The van der Waals surface area contributed by atoms with Crippen molar-refractivity contribution in [2.75, 3.05) is 13.1 Å². The highest BCUT2D eigenvalue weighted by molar-refractivity contribution is 5.46. The van der Waals surface area contributed by atoms with Gasteiger partial charge in [-0.15, -0.1) is 0 Å². The van der Waals surface area contributed by atoms with Crippen LogP contribution < -0.4 is 5.32 Å². The number of aromatic nitrogens is 4. The highest BCUT2D eigenvalue weighted by Crippen LogP contribution is 2.48. The van der Waals surface area contributed by atoms with Crippen molar-refractivity contribution in [3.63, 3.8) is 0 Å². The molecule has 0 spiro atoms. The van der Waals surface area contributed by atoms with E-state index in [0.717, 1.165) is 36.4 Å². The molecule has 100 valence electrons. The summed E-state index contributed by atoms with van der Waals surface area (Å²) in [6.07, 6.45) is 8.41. The maximum Gasteiger partial charge on any atom is 0.181 e. The molecule has 6 heteroatoms. The standard InChI is InChI=1S/C13H17N5O/c1-3-14-4-2-10-9(1)5-12(10)18-13(15-7-17-18)11-6-19-8-16-11/h6-10,12,14H,1-5H2. The van der Waals surface area contributed by atoms with Crippen molar-refractivity contribution in [1.29, 1.82) is 0 Å². The lowest BCUT2D eigenvalue weighted by Crippen LogP contribution is -2.39. The normalized spacial score (nSPS) is 30.4. The van der Waals surface area contributed by atoms with Gasteiger partial charge in [-0.2, -0.15) is 5.10 Å². The summed E-state index contributed by atoms with van der Waals surface area (Å²) >= 11 is 0. The van der Waals surface area contributed by atoms with E-state index >= 15 is 0 Å². The number of rotatable bonds is 2. The van der Waals surface area contributed by atoms with Crippen LogP contribution in [0.5, 0.6) is 0 Å². The third-order valence-electron chi connectivity index (χ3n) is 4.54. The molecule has 1 aliphatic heterocycles. The predicted molar refractivity (Wildman–Crippen MR) is 68.3 cm³/mol. The van der Waals surface area contributed by atoms with E-state index in [1.165, 1.54) is 25.7 Å². The number of fused-ring (bicyclic) bond motifs is 1. The van der Waals surface area contributed by atoms with Crippen molar-refractivity contribution in [1.82, 2.24) is 25.1 Å². The van der Waals surface area contributed by atoms with Gasteiger partial charge in [0.05, 0.1) is 6.04 Å². The fraction of sp³-hybridized carbons (Fsp3) is 0.615. The van der Waals surface area contributed by atoms with E-state index in [9.17, 15) is 0 Å². The summed E-state index contributed by atoms with van der Waals surface area (Å²) in [5.41, 5.74) is 0.771. The average Bonchev–Trinajstić information content (AvgIpc) is 3.02. The SMILES string of the molecule is c1nc(-c2cocn2)n(C2CC3CCNCCC32)n1. The molecule has 1 saturated heterocycles. The second-order valence-corrected chi connectivity index (χ2v) is 5.46. The zero-order valence-electron chi connectivity index (χ0n) is 10.7. The lowest BCUT2D eigenvalue weighted by atomic mass is 9.66. The molecule has 19 heavy (non-hydrogen) atoms. The molecule has 6 nitrogen and oxygen atoms in total. The van der Waals surface area contributed by atoms with Gasteiger partial charge < -0.3 is 9.73 Å². The Bertz CT molecular complexity index is 549. The predicted octanol–water partition coefficient (Wildman–Crippen LogP) is 1.49. The third-order valence-corrected chi connectivity index (χ3v) is 4.54. The first kappa shape index (κ1) is 11.2. The van der Waals surface area contributed by atoms with Crippen LogP contribution in [0.25, 0.3) is 11.5 Å². The molecule has 4 rings (SSSR count). The molecule has 2 aromatic rings. The van der Waals surface area contributed by atoms with Crippen LogP contribution in [-0.2, 0) is 0 Å². The topological polar surface area (TPSA) is 68.8 Å². The van der Waals surface area contributed by atoms with E-state index in [1.807, 2.05) is 4.68 Å². The largest absolute Gasteiger partial charge is 0.451 e. The zero-order valence-corrected chi connectivity index (χ0v) is 10.7. The molecule has 1 saturated carbocycles. The van der Waals surface area contributed by atoms with Crippen molar-refractivity contribution in [3.8, 4) is 11.5 Å². The third kappa shape index (κ3) is 1.78. The first-order chi connectivity index (χ1) is 9.43. The molecule has 1 N–H and O–H groups in total. The first-order valence-electron chi connectivity index (χ1n) is 6.92. The molecule has 0 amide bonds. The molecule has 0 bridgehead atoms. The van der Waals surface area contributed by atoms with Crippen LogP contribution in [0.4, 0.5) is 0 Å². The maximum absolute atomic E-state index is 5.05. The van der Waals surface area contributed by atoms with Gasteiger partial charge in [-0.3, -0.25) is 0 Å². The van der Waals surface area contributed by atoms with Crippen molar-refractivity contribution in [2.24, 2.45) is 11.8 Å². The number of oxazole rings is 1. The number of hydrogen-bond donors (Lipinski definition) is 1. The second-order valence-electron chi connectivity index (χ2n) is 5.46. The van der Waals surface area contributed by atoms with Crippen LogP contribution in [0.15, 0.2) is 23.4 Å². The molecule has 2 fully saturated rings. The molecule has 0 aromatic carbocycles. The van der Waals surface area contributed by atoms with Crippen molar-refractivity contribution >= 4 is 0 Å². The van der Waals surface area contributed by atoms with Gasteiger partial charge in [0.2, 0.25) is 0 Å². The average molecular weight is 259 g/mol. The van der Waals surface area contributed by atoms with Crippen LogP contribution in [0.2, 0.25) is 0 Å². The highest BCUT2D eigenvalue weighted by Gasteiger charge is 2.43. The van der Waals surface area contributed by atoms with Crippen LogP contribution >= 0.6 is 0 Å². The molecular weight excluding hydrogens is 242 g/mol. The van der Waals surface area contributed by atoms with Gasteiger partial charge >= 0.3 is 0 Å². The molecule has 3 atom stereocenters. The smallest absolute Gasteiger partial charge is 0.181 e. The fourth-order valence-electron chi connectivity index (χ4n) is 3.50. The summed E-state index contributed by atoms with van der Waals surface area (Å²) in [4.78, 5) is 8.52. The van der Waals surface area contributed by atoms with E-state index < -0.39 is 0 Å². The monoisotopic (exact) mass is 259 g/mol. The fourth-order valence-corrected chi connectivity index (χ4v) is 3.50. The Hall–Kier alpha value is -1.69. The summed E-state index contributed by atoms with van der Waals surface area (Å²) in [5.74, 6) is 2.39. The molecule has 1 aliphatic carbocycles. The summed E-state index contributed by atoms with van der Waals surface area (Å²) in [6, 6.07) is 0.471. The summed E-state index contributed by atoms with van der Waals surface area (Å²) in [5, 5.41) is 7.90. The van der Waals surface area contributed by atoms with Gasteiger partial charge in [0.1, 0.15) is 18.3 Å². The molecule has 2 aliphatic rings. The Morgan fingerprint density at radius 2 is 2.21 bits per heavy atom. The number of nitrogens with zero attached hydrogens (tertiary/aromatic N) is 4. The zero-order chi connectivity index (χ0) is 12.7. The second kappa shape index (κ2) is 4.45. The highest BCUT2D eigenvalue weighted by atomic mass is 16.3.